The third-order valence-electron chi connectivity index (χ3n) is 2.32. The Morgan fingerprint density at radius 2 is 2.07 bits per heavy atom. The van der Waals surface area contributed by atoms with Gasteiger partial charge in [0.05, 0.1) is 6.54 Å². The van der Waals surface area contributed by atoms with Crippen molar-refractivity contribution >= 4 is 5.91 Å². The van der Waals surface area contributed by atoms with Crippen molar-refractivity contribution in [3.8, 4) is 0 Å². The minimum absolute atomic E-state index is 0.0378. The zero-order chi connectivity index (χ0) is 10.8. The van der Waals surface area contributed by atoms with E-state index in [-0.39, 0.29) is 5.91 Å². The van der Waals surface area contributed by atoms with Crippen LogP contribution < -0.4 is 10.6 Å². The largest absolute Gasteiger partial charge is 0.352 e. The van der Waals surface area contributed by atoms with E-state index < -0.39 is 0 Å². The molecule has 0 heterocycles. The van der Waals surface area contributed by atoms with Crippen LogP contribution in [0.1, 0.15) is 26.7 Å². The Hall–Kier alpha value is -0.830. The van der Waals surface area contributed by atoms with Crippen LogP contribution in [0.3, 0.4) is 0 Å². The van der Waals surface area contributed by atoms with Gasteiger partial charge in [0.2, 0.25) is 5.91 Å². The molecule has 0 atom stereocenters. The molecule has 3 nitrogen and oxygen atoms in total. The summed E-state index contributed by atoms with van der Waals surface area (Å²) in [6.45, 7) is 9.76. The summed E-state index contributed by atoms with van der Waals surface area (Å²) >= 11 is 0. The first kappa shape index (κ1) is 13.2. The second-order valence-corrected chi connectivity index (χ2v) is 3.41. The van der Waals surface area contributed by atoms with Crippen LogP contribution >= 0.6 is 0 Å². The number of nitrogens with one attached hydrogen (secondary N) is 2. The number of rotatable bonds is 8. The summed E-state index contributed by atoms with van der Waals surface area (Å²) in [6.07, 6.45) is 4.01. The quantitative estimate of drug-likeness (QED) is 0.577. The van der Waals surface area contributed by atoms with Crippen molar-refractivity contribution in [2.45, 2.75) is 26.7 Å². The van der Waals surface area contributed by atoms with Crippen LogP contribution in [0.2, 0.25) is 0 Å². The molecule has 0 saturated heterocycles. The second kappa shape index (κ2) is 8.75. The number of hydrogen-bond acceptors (Lipinski definition) is 2. The normalized spacial score (nSPS) is 10.2. The Morgan fingerprint density at radius 3 is 2.57 bits per heavy atom. The smallest absolute Gasteiger partial charge is 0.234 e. The number of hydrogen-bond donors (Lipinski definition) is 2. The number of carbonyl (C=O) groups is 1. The Bertz CT molecular complexity index is 165. The maximum atomic E-state index is 11.1. The molecule has 3 heteroatoms. The molecule has 0 radical (unpaired) electrons. The lowest BCUT2D eigenvalue weighted by molar-refractivity contribution is -0.120. The van der Waals surface area contributed by atoms with Crippen LogP contribution in [0.15, 0.2) is 12.7 Å². The van der Waals surface area contributed by atoms with E-state index in [9.17, 15) is 4.79 Å². The summed E-state index contributed by atoms with van der Waals surface area (Å²) in [6, 6.07) is 0. The van der Waals surface area contributed by atoms with Gasteiger partial charge in [-0.3, -0.25) is 4.79 Å². The summed E-state index contributed by atoms with van der Waals surface area (Å²) in [5.41, 5.74) is 0. The van der Waals surface area contributed by atoms with Crippen molar-refractivity contribution in [2.24, 2.45) is 5.92 Å². The minimum Gasteiger partial charge on any atom is -0.352 e. The van der Waals surface area contributed by atoms with E-state index in [1.54, 1.807) is 6.08 Å². The van der Waals surface area contributed by atoms with Gasteiger partial charge in [0.15, 0.2) is 0 Å². The zero-order valence-electron chi connectivity index (χ0n) is 9.31. The monoisotopic (exact) mass is 198 g/mol. The van der Waals surface area contributed by atoms with Crippen LogP contribution in [-0.2, 0) is 4.79 Å². The standard InChI is InChI=1S/C11H22N2O/c1-4-7-13-11(14)9-12-8-10(5-2)6-3/h4,10,12H,1,5-9H2,2-3H3,(H,13,14). The molecule has 0 aliphatic carbocycles. The van der Waals surface area contributed by atoms with Gasteiger partial charge in [-0.1, -0.05) is 32.8 Å². The summed E-state index contributed by atoms with van der Waals surface area (Å²) in [4.78, 5) is 11.1. The van der Waals surface area contributed by atoms with E-state index >= 15 is 0 Å². The highest BCUT2D eigenvalue weighted by atomic mass is 16.1. The van der Waals surface area contributed by atoms with Gasteiger partial charge in [0, 0.05) is 6.54 Å². The first-order valence-corrected chi connectivity index (χ1v) is 5.32. The zero-order valence-corrected chi connectivity index (χ0v) is 9.31. The van der Waals surface area contributed by atoms with Crippen molar-refractivity contribution in [3.63, 3.8) is 0 Å². The number of amides is 1. The highest BCUT2D eigenvalue weighted by molar-refractivity contribution is 5.78. The average molecular weight is 198 g/mol. The Kier molecular flexibility index (Phi) is 8.24. The molecule has 0 aromatic heterocycles. The van der Waals surface area contributed by atoms with Gasteiger partial charge in [-0.15, -0.1) is 6.58 Å². The fraction of sp³-hybridized carbons (Fsp3) is 0.727. The van der Waals surface area contributed by atoms with Crippen LogP contribution in [-0.4, -0.2) is 25.5 Å². The van der Waals surface area contributed by atoms with E-state index in [4.69, 9.17) is 0 Å². The van der Waals surface area contributed by atoms with Crippen molar-refractivity contribution in [2.75, 3.05) is 19.6 Å². The van der Waals surface area contributed by atoms with E-state index in [1.165, 1.54) is 0 Å². The maximum Gasteiger partial charge on any atom is 0.234 e. The fourth-order valence-electron chi connectivity index (χ4n) is 1.22. The molecule has 1 amide bonds. The molecule has 0 aromatic rings. The van der Waals surface area contributed by atoms with Crippen LogP contribution in [0.25, 0.3) is 0 Å². The van der Waals surface area contributed by atoms with Crippen molar-refractivity contribution in [3.05, 3.63) is 12.7 Å². The molecular weight excluding hydrogens is 176 g/mol. The van der Waals surface area contributed by atoms with Gasteiger partial charge in [-0.2, -0.15) is 0 Å². The van der Waals surface area contributed by atoms with E-state index in [0.29, 0.717) is 19.0 Å². The van der Waals surface area contributed by atoms with Crippen molar-refractivity contribution in [1.29, 1.82) is 0 Å². The SMILES string of the molecule is C=CCNC(=O)CNCC(CC)CC. The first-order valence-electron chi connectivity index (χ1n) is 5.32. The molecule has 0 aliphatic heterocycles. The van der Waals surface area contributed by atoms with Crippen molar-refractivity contribution in [1.82, 2.24) is 10.6 Å². The predicted molar refractivity (Wildman–Crippen MR) is 60.1 cm³/mol. The van der Waals surface area contributed by atoms with E-state index in [1.807, 2.05) is 0 Å². The van der Waals surface area contributed by atoms with Crippen LogP contribution in [0.5, 0.6) is 0 Å². The van der Waals surface area contributed by atoms with Crippen LogP contribution in [0.4, 0.5) is 0 Å². The average Bonchev–Trinajstić information content (AvgIpc) is 2.21. The maximum absolute atomic E-state index is 11.1. The highest BCUT2D eigenvalue weighted by Gasteiger charge is 2.03. The Labute approximate surface area is 87.0 Å². The predicted octanol–water partition coefficient (Wildman–Crippen LogP) is 1.31. The van der Waals surface area contributed by atoms with Gasteiger partial charge in [0.25, 0.3) is 0 Å². The molecule has 0 aromatic carbocycles. The molecule has 0 fully saturated rings. The van der Waals surface area contributed by atoms with Crippen LogP contribution in [0, 0.1) is 5.92 Å². The van der Waals surface area contributed by atoms with Gasteiger partial charge in [0.1, 0.15) is 0 Å². The summed E-state index contributed by atoms with van der Waals surface area (Å²) in [5, 5.41) is 5.87. The summed E-state index contributed by atoms with van der Waals surface area (Å²) < 4.78 is 0. The molecule has 14 heavy (non-hydrogen) atoms. The lowest BCUT2D eigenvalue weighted by Gasteiger charge is -2.12. The Balaban J connectivity index is 3.42. The van der Waals surface area contributed by atoms with Gasteiger partial charge in [-0.25, -0.2) is 0 Å². The van der Waals surface area contributed by atoms with Crippen molar-refractivity contribution < 1.29 is 4.79 Å². The molecule has 82 valence electrons. The summed E-state index contributed by atoms with van der Waals surface area (Å²) in [7, 11) is 0. The summed E-state index contributed by atoms with van der Waals surface area (Å²) in [5.74, 6) is 0.720. The third-order valence-corrected chi connectivity index (χ3v) is 2.32. The lowest BCUT2D eigenvalue weighted by Crippen LogP contribution is -2.35. The highest BCUT2D eigenvalue weighted by Crippen LogP contribution is 2.04. The molecule has 0 rings (SSSR count). The molecule has 0 spiro atoms. The molecule has 0 saturated carbocycles. The lowest BCUT2D eigenvalue weighted by atomic mass is 10.0. The topological polar surface area (TPSA) is 41.1 Å². The number of carbonyl (C=O) groups excluding carboxylic acids is 1. The van der Waals surface area contributed by atoms with Gasteiger partial charge in [-0.05, 0) is 12.5 Å². The Morgan fingerprint density at radius 1 is 1.43 bits per heavy atom. The third kappa shape index (κ3) is 6.66. The molecular formula is C11H22N2O. The van der Waals surface area contributed by atoms with Gasteiger partial charge >= 0.3 is 0 Å². The molecule has 0 bridgehead atoms. The molecule has 0 unspecified atom stereocenters. The van der Waals surface area contributed by atoms with E-state index in [0.717, 1.165) is 19.4 Å². The van der Waals surface area contributed by atoms with E-state index in [2.05, 4.69) is 31.1 Å². The fourth-order valence-corrected chi connectivity index (χ4v) is 1.22. The van der Waals surface area contributed by atoms with Gasteiger partial charge < -0.3 is 10.6 Å². The minimum atomic E-state index is 0.0378. The second-order valence-electron chi connectivity index (χ2n) is 3.41. The first-order chi connectivity index (χ1) is 6.74. The molecule has 0 aliphatic rings. The molecule has 2 N–H and O–H groups in total.